The van der Waals surface area contributed by atoms with Crippen molar-refractivity contribution in [2.24, 2.45) is 0 Å². The quantitative estimate of drug-likeness (QED) is 0.568. The summed E-state index contributed by atoms with van der Waals surface area (Å²) in [7, 11) is 1.32. The monoisotopic (exact) mass is 479 g/mol. The number of benzene rings is 1. The number of pyridine rings is 1. The molecule has 8 nitrogen and oxygen atoms in total. The van der Waals surface area contributed by atoms with E-state index in [9.17, 15) is 14.4 Å². The number of fused-ring (bicyclic) bond motifs is 1. The Labute approximate surface area is 205 Å². The van der Waals surface area contributed by atoms with Gasteiger partial charge in [0.05, 0.1) is 7.11 Å². The summed E-state index contributed by atoms with van der Waals surface area (Å²) in [5, 5.41) is 0. The molecule has 1 amide bonds. The molecule has 0 saturated carbocycles. The lowest BCUT2D eigenvalue weighted by Crippen LogP contribution is -2.34. The summed E-state index contributed by atoms with van der Waals surface area (Å²) in [5.74, 6) is -0.398. The van der Waals surface area contributed by atoms with Gasteiger partial charge in [-0.05, 0) is 43.6 Å². The molecule has 1 saturated heterocycles. The maximum absolute atomic E-state index is 13.1. The molecule has 0 radical (unpaired) electrons. The van der Waals surface area contributed by atoms with Crippen molar-refractivity contribution in [1.82, 2.24) is 14.4 Å². The van der Waals surface area contributed by atoms with Crippen LogP contribution in [-0.4, -0.2) is 72.7 Å². The van der Waals surface area contributed by atoms with E-state index in [1.165, 1.54) is 32.4 Å². The van der Waals surface area contributed by atoms with Crippen molar-refractivity contribution < 1.29 is 19.1 Å². The average molecular weight is 480 g/mol. The molecule has 0 unspecified atom stereocenters. The summed E-state index contributed by atoms with van der Waals surface area (Å²) in [6.07, 6.45) is 5.69. The number of aromatic nitrogens is 1. The van der Waals surface area contributed by atoms with Gasteiger partial charge in [-0.1, -0.05) is 31.2 Å². The van der Waals surface area contributed by atoms with E-state index in [1.54, 1.807) is 27.7 Å². The van der Waals surface area contributed by atoms with Crippen LogP contribution in [0.15, 0.2) is 41.7 Å². The minimum absolute atomic E-state index is 0.112. The number of esters is 1. The van der Waals surface area contributed by atoms with Gasteiger partial charge in [0.25, 0.3) is 11.5 Å². The van der Waals surface area contributed by atoms with Crippen molar-refractivity contribution in [3.8, 4) is 5.75 Å². The zero-order valence-corrected chi connectivity index (χ0v) is 20.3. The zero-order valence-electron chi connectivity index (χ0n) is 20.3. The molecule has 2 aromatic rings. The number of carbonyl (C=O) groups is 2. The number of hydrogen-bond donors (Lipinski definition) is 0. The maximum Gasteiger partial charge on any atom is 0.343 e. The summed E-state index contributed by atoms with van der Waals surface area (Å²) >= 11 is 0. The molecular formula is C27H33N3O5. The van der Waals surface area contributed by atoms with Gasteiger partial charge in [0.15, 0.2) is 0 Å². The van der Waals surface area contributed by atoms with Crippen LogP contribution < -0.4 is 10.3 Å². The first-order chi connectivity index (χ1) is 17.0. The Morgan fingerprint density at radius 3 is 2.46 bits per heavy atom. The molecule has 4 rings (SSSR count). The smallest absolute Gasteiger partial charge is 0.343 e. The molecule has 0 atom stereocenters. The molecule has 0 N–H and O–H groups in total. The minimum atomic E-state index is -0.540. The number of rotatable bonds is 7. The van der Waals surface area contributed by atoms with Gasteiger partial charge in [0, 0.05) is 49.9 Å². The molecule has 35 heavy (non-hydrogen) atoms. The van der Waals surface area contributed by atoms with E-state index < -0.39 is 5.97 Å². The summed E-state index contributed by atoms with van der Waals surface area (Å²) in [4.78, 5) is 42.9. The third-order valence-electron chi connectivity index (χ3n) is 6.78. The Kier molecular flexibility index (Phi) is 8.02. The molecule has 0 aliphatic carbocycles. The van der Waals surface area contributed by atoms with Gasteiger partial charge < -0.3 is 18.9 Å². The highest BCUT2D eigenvalue weighted by Crippen LogP contribution is 2.25. The van der Waals surface area contributed by atoms with E-state index in [0.29, 0.717) is 43.9 Å². The standard InChI is InChI=1S/C27H33N3O5/c1-3-20-7-9-21(10-8-20)26(32)29-14-11-22-25(27(33)34-2)23(19-24(31)30(22)16-15-29)35-18-17-28-12-5-4-6-13-28/h3,7-10,19H,1,4-6,11-18H2,2H3. The molecule has 1 aromatic carbocycles. The number of carbonyl (C=O) groups excluding carboxylic acids is 2. The molecular weight excluding hydrogens is 446 g/mol. The Bertz CT molecular complexity index is 1130. The van der Waals surface area contributed by atoms with Crippen LogP contribution in [0.5, 0.6) is 5.75 Å². The molecule has 1 fully saturated rings. The third-order valence-corrected chi connectivity index (χ3v) is 6.78. The fourth-order valence-electron chi connectivity index (χ4n) is 4.80. The third kappa shape index (κ3) is 5.65. The number of piperidine rings is 1. The highest BCUT2D eigenvalue weighted by molar-refractivity contribution is 5.95. The van der Waals surface area contributed by atoms with Crippen molar-refractivity contribution in [2.45, 2.75) is 32.2 Å². The molecule has 1 aromatic heterocycles. The van der Waals surface area contributed by atoms with E-state index in [4.69, 9.17) is 9.47 Å². The normalized spacial score (nSPS) is 16.2. The van der Waals surface area contributed by atoms with E-state index in [1.807, 2.05) is 12.1 Å². The van der Waals surface area contributed by atoms with Gasteiger partial charge in [0.2, 0.25) is 0 Å². The lowest BCUT2D eigenvalue weighted by Gasteiger charge is -2.26. The Morgan fingerprint density at radius 1 is 1.03 bits per heavy atom. The lowest BCUT2D eigenvalue weighted by atomic mass is 10.1. The van der Waals surface area contributed by atoms with E-state index in [0.717, 1.165) is 25.2 Å². The second kappa shape index (κ2) is 11.4. The molecule has 8 heteroatoms. The van der Waals surface area contributed by atoms with Crippen LogP contribution in [0.4, 0.5) is 0 Å². The molecule has 2 aliphatic heterocycles. The van der Waals surface area contributed by atoms with Crippen molar-refractivity contribution in [2.75, 3.05) is 46.4 Å². The number of nitrogens with zero attached hydrogens (tertiary/aromatic N) is 3. The van der Waals surface area contributed by atoms with Gasteiger partial charge in [-0.3, -0.25) is 14.5 Å². The first kappa shape index (κ1) is 24.7. The predicted octanol–water partition coefficient (Wildman–Crippen LogP) is 2.84. The first-order valence-corrected chi connectivity index (χ1v) is 12.2. The number of hydrogen-bond acceptors (Lipinski definition) is 6. The van der Waals surface area contributed by atoms with E-state index >= 15 is 0 Å². The predicted molar refractivity (Wildman–Crippen MR) is 134 cm³/mol. The van der Waals surface area contributed by atoms with Gasteiger partial charge in [0.1, 0.15) is 17.9 Å². The van der Waals surface area contributed by atoms with Crippen LogP contribution >= 0.6 is 0 Å². The topological polar surface area (TPSA) is 81.1 Å². The first-order valence-electron chi connectivity index (χ1n) is 12.2. The highest BCUT2D eigenvalue weighted by Gasteiger charge is 2.28. The molecule has 0 spiro atoms. The number of methoxy groups -OCH3 is 1. The molecule has 3 heterocycles. The van der Waals surface area contributed by atoms with Crippen molar-refractivity contribution in [3.05, 3.63) is 69.6 Å². The molecule has 0 bridgehead atoms. The highest BCUT2D eigenvalue weighted by atomic mass is 16.5. The number of amides is 1. The van der Waals surface area contributed by atoms with E-state index in [-0.39, 0.29) is 22.8 Å². The van der Waals surface area contributed by atoms with Gasteiger partial charge in [-0.15, -0.1) is 0 Å². The van der Waals surface area contributed by atoms with Crippen LogP contribution in [-0.2, 0) is 17.7 Å². The Hall–Kier alpha value is -3.39. The van der Waals surface area contributed by atoms with Crippen LogP contribution in [0.2, 0.25) is 0 Å². The average Bonchev–Trinajstić information content (AvgIpc) is 3.12. The summed E-state index contributed by atoms with van der Waals surface area (Å²) in [6, 6.07) is 8.62. The van der Waals surface area contributed by atoms with Gasteiger partial charge in [-0.2, -0.15) is 0 Å². The Morgan fingerprint density at radius 2 is 1.77 bits per heavy atom. The summed E-state index contributed by atoms with van der Waals surface area (Å²) in [5.41, 5.74) is 2.09. The summed E-state index contributed by atoms with van der Waals surface area (Å²) in [6.45, 7) is 7.99. The Balaban J connectivity index is 1.54. The molecule has 2 aliphatic rings. The van der Waals surface area contributed by atoms with Crippen LogP contribution in [0.3, 0.4) is 0 Å². The largest absolute Gasteiger partial charge is 0.491 e. The van der Waals surface area contributed by atoms with Crippen molar-refractivity contribution >= 4 is 18.0 Å². The van der Waals surface area contributed by atoms with E-state index in [2.05, 4.69) is 11.5 Å². The second-order valence-corrected chi connectivity index (χ2v) is 8.93. The fourth-order valence-corrected chi connectivity index (χ4v) is 4.80. The second-order valence-electron chi connectivity index (χ2n) is 8.93. The zero-order chi connectivity index (χ0) is 24.8. The van der Waals surface area contributed by atoms with Crippen LogP contribution in [0.1, 0.15) is 51.2 Å². The fraction of sp³-hybridized carbons (Fsp3) is 0.444. The SMILES string of the molecule is C=Cc1ccc(C(=O)N2CCc3c(C(=O)OC)c(OCCN4CCCCC4)cc(=O)n3CC2)cc1. The lowest BCUT2D eigenvalue weighted by molar-refractivity contribution is 0.0592. The number of ether oxygens (including phenoxy) is 2. The van der Waals surface area contributed by atoms with Crippen LogP contribution in [0.25, 0.3) is 6.08 Å². The maximum atomic E-state index is 13.1. The van der Waals surface area contributed by atoms with Gasteiger partial charge >= 0.3 is 5.97 Å². The van der Waals surface area contributed by atoms with Gasteiger partial charge in [-0.25, -0.2) is 4.79 Å². The molecule has 186 valence electrons. The van der Waals surface area contributed by atoms with Crippen molar-refractivity contribution in [1.29, 1.82) is 0 Å². The van der Waals surface area contributed by atoms with Crippen molar-refractivity contribution in [3.63, 3.8) is 0 Å². The van der Waals surface area contributed by atoms with Crippen LogP contribution in [0, 0.1) is 0 Å². The number of likely N-dealkylation sites (tertiary alicyclic amines) is 1. The summed E-state index contributed by atoms with van der Waals surface area (Å²) < 4.78 is 12.6. The minimum Gasteiger partial charge on any atom is -0.491 e.